The summed E-state index contributed by atoms with van der Waals surface area (Å²) in [7, 11) is 0. The molecule has 0 aliphatic carbocycles. The van der Waals surface area contributed by atoms with Crippen LogP contribution in [0, 0.1) is 46.3 Å². The van der Waals surface area contributed by atoms with E-state index in [0.717, 1.165) is 12.8 Å². The Morgan fingerprint density at radius 1 is 0.706 bits per heavy atom. The first-order valence-electron chi connectivity index (χ1n) is 6.12. The van der Waals surface area contributed by atoms with Gasteiger partial charge in [0.25, 0.3) is 0 Å². The van der Waals surface area contributed by atoms with Crippen LogP contribution in [0.2, 0.25) is 0 Å². The molecule has 0 rings (SSSR count). The summed E-state index contributed by atoms with van der Waals surface area (Å²) in [4.78, 5) is 0. The van der Waals surface area contributed by atoms with Gasteiger partial charge in [-0.05, 0) is 38.5 Å². The first kappa shape index (κ1) is 21.2. The minimum absolute atomic E-state index is 0. The molecule has 0 bridgehead atoms. The van der Waals surface area contributed by atoms with Crippen LogP contribution in [0.15, 0.2) is 0 Å². The van der Waals surface area contributed by atoms with Crippen LogP contribution in [0.4, 0.5) is 0 Å². The van der Waals surface area contributed by atoms with Crippen molar-refractivity contribution in [3.05, 3.63) is 0 Å². The zero-order valence-electron chi connectivity index (χ0n) is 12.3. The zero-order chi connectivity index (χ0) is 13.1. The Morgan fingerprint density at radius 3 is 1.00 bits per heavy atom. The number of nitriles is 2. The lowest BCUT2D eigenvalue weighted by molar-refractivity contribution is 0.510. The minimum Gasteiger partial charge on any atom is -0.344 e. The van der Waals surface area contributed by atoms with Gasteiger partial charge in [-0.1, -0.05) is 27.7 Å². The van der Waals surface area contributed by atoms with Gasteiger partial charge < -0.3 is 6.15 Å². The third-order valence-corrected chi connectivity index (χ3v) is 2.09. The van der Waals surface area contributed by atoms with Crippen molar-refractivity contribution in [2.45, 2.75) is 54.4 Å². The first-order valence-corrected chi connectivity index (χ1v) is 6.12. The highest BCUT2D eigenvalue weighted by molar-refractivity contribution is 4.79. The van der Waals surface area contributed by atoms with Crippen molar-refractivity contribution in [2.75, 3.05) is 0 Å². The molecule has 0 aromatic rings. The van der Waals surface area contributed by atoms with E-state index in [4.69, 9.17) is 10.5 Å². The van der Waals surface area contributed by atoms with Gasteiger partial charge in [0.1, 0.15) is 0 Å². The molecule has 0 fully saturated rings. The number of hydrogen-bond acceptors (Lipinski definition) is 3. The molecule has 0 aliphatic rings. The summed E-state index contributed by atoms with van der Waals surface area (Å²) < 4.78 is 0. The van der Waals surface area contributed by atoms with Crippen molar-refractivity contribution in [1.29, 1.82) is 10.5 Å². The van der Waals surface area contributed by atoms with Gasteiger partial charge in [-0.3, -0.25) is 0 Å². The van der Waals surface area contributed by atoms with Crippen LogP contribution in [0.5, 0.6) is 0 Å². The molecule has 0 saturated heterocycles. The molecule has 0 aromatic carbocycles. The number of nitrogens with zero attached hydrogens (tertiary/aromatic N) is 2. The Balaban J connectivity index is -0.000000218. The van der Waals surface area contributed by atoms with Crippen LogP contribution in [0.1, 0.15) is 54.4 Å². The molecule has 0 heterocycles. The molecule has 0 aromatic heterocycles. The van der Waals surface area contributed by atoms with Gasteiger partial charge in [0.15, 0.2) is 0 Å². The Bertz CT molecular complexity index is 207. The molecule has 0 saturated carbocycles. The lowest BCUT2D eigenvalue weighted by Gasteiger charge is -2.03. The van der Waals surface area contributed by atoms with Crippen LogP contribution in [0.25, 0.3) is 0 Å². The van der Waals surface area contributed by atoms with Gasteiger partial charge in [0.05, 0.1) is 12.1 Å². The second-order valence-electron chi connectivity index (χ2n) is 5.32. The average molecular weight is 239 g/mol. The molecule has 0 amide bonds. The molecule has 3 N–H and O–H groups in total. The van der Waals surface area contributed by atoms with E-state index in [1.807, 2.05) is 13.8 Å². The molecule has 3 nitrogen and oxygen atoms in total. The average Bonchev–Trinajstić information content (AvgIpc) is 2.16. The van der Waals surface area contributed by atoms with Crippen LogP contribution in [-0.4, -0.2) is 0 Å². The van der Waals surface area contributed by atoms with Gasteiger partial charge in [0, 0.05) is 11.8 Å². The third kappa shape index (κ3) is 20.9. The Labute approximate surface area is 107 Å². The molecular formula is C14H29N3. The molecule has 0 radical (unpaired) electrons. The fourth-order valence-corrected chi connectivity index (χ4v) is 1.52. The van der Waals surface area contributed by atoms with E-state index >= 15 is 0 Å². The predicted molar refractivity (Wildman–Crippen MR) is 73.5 cm³/mol. The predicted octanol–water partition coefficient (Wildman–Crippen LogP) is 4.55. The summed E-state index contributed by atoms with van der Waals surface area (Å²) in [6, 6.07) is 4.39. The molecule has 0 spiro atoms. The summed E-state index contributed by atoms with van der Waals surface area (Å²) in [6.07, 6.45) is 2.05. The van der Waals surface area contributed by atoms with Gasteiger partial charge in [-0.25, -0.2) is 0 Å². The van der Waals surface area contributed by atoms with Crippen molar-refractivity contribution in [1.82, 2.24) is 6.15 Å². The molecule has 2 unspecified atom stereocenters. The molecule has 2 atom stereocenters. The van der Waals surface area contributed by atoms with E-state index < -0.39 is 0 Å². The van der Waals surface area contributed by atoms with Gasteiger partial charge in [-0.15, -0.1) is 0 Å². The van der Waals surface area contributed by atoms with E-state index in [0.29, 0.717) is 11.8 Å². The lowest BCUT2D eigenvalue weighted by atomic mass is 10.0. The minimum atomic E-state index is 0. The highest BCUT2D eigenvalue weighted by Crippen LogP contribution is 2.08. The van der Waals surface area contributed by atoms with Crippen molar-refractivity contribution in [3.63, 3.8) is 0 Å². The lowest BCUT2D eigenvalue weighted by Crippen LogP contribution is -1.95. The maximum atomic E-state index is 8.33. The van der Waals surface area contributed by atoms with Gasteiger partial charge >= 0.3 is 0 Å². The van der Waals surface area contributed by atoms with E-state index in [1.54, 1.807) is 0 Å². The zero-order valence-corrected chi connectivity index (χ0v) is 12.3. The standard InChI is InChI=1S/2C7H13N.H3N/c2*1-6(2)4-7(3)5-8;/h2*6-7H,4H2,1-3H3;1H3. The van der Waals surface area contributed by atoms with E-state index in [1.165, 1.54) is 0 Å². The fourth-order valence-electron chi connectivity index (χ4n) is 1.52. The maximum Gasteiger partial charge on any atom is 0.0652 e. The maximum absolute atomic E-state index is 8.33. The van der Waals surface area contributed by atoms with Crippen LogP contribution < -0.4 is 6.15 Å². The summed E-state index contributed by atoms with van der Waals surface area (Å²) in [5, 5.41) is 16.7. The van der Waals surface area contributed by atoms with E-state index in [9.17, 15) is 0 Å². The third-order valence-electron chi connectivity index (χ3n) is 2.09. The molecule has 3 heteroatoms. The van der Waals surface area contributed by atoms with E-state index in [-0.39, 0.29) is 18.0 Å². The highest BCUT2D eigenvalue weighted by atomic mass is 14.3. The second kappa shape index (κ2) is 13.0. The fraction of sp³-hybridized carbons (Fsp3) is 0.857. The molecule has 17 heavy (non-hydrogen) atoms. The monoisotopic (exact) mass is 239 g/mol. The van der Waals surface area contributed by atoms with Crippen molar-refractivity contribution in [3.8, 4) is 12.1 Å². The van der Waals surface area contributed by atoms with E-state index in [2.05, 4.69) is 39.8 Å². The van der Waals surface area contributed by atoms with Gasteiger partial charge in [0.2, 0.25) is 0 Å². The van der Waals surface area contributed by atoms with Crippen molar-refractivity contribution >= 4 is 0 Å². The normalized spacial score (nSPS) is 12.6. The second-order valence-corrected chi connectivity index (χ2v) is 5.32. The summed E-state index contributed by atoms with van der Waals surface area (Å²) in [5.41, 5.74) is 0. The van der Waals surface area contributed by atoms with Crippen LogP contribution >= 0.6 is 0 Å². The molecule has 0 aliphatic heterocycles. The SMILES string of the molecule is CC(C)CC(C)C#N.CC(C)CC(C)C#N.N. The summed E-state index contributed by atoms with van der Waals surface area (Å²) in [6.45, 7) is 12.4. The quantitative estimate of drug-likeness (QED) is 0.781. The summed E-state index contributed by atoms with van der Waals surface area (Å²) >= 11 is 0. The number of rotatable bonds is 4. The molecular weight excluding hydrogens is 210 g/mol. The van der Waals surface area contributed by atoms with Crippen molar-refractivity contribution in [2.24, 2.45) is 23.7 Å². The Morgan fingerprint density at radius 2 is 0.941 bits per heavy atom. The van der Waals surface area contributed by atoms with Crippen LogP contribution in [-0.2, 0) is 0 Å². The number of hydrogen-bond donors (Lipinski definition) is 1. The van der Waals surface area contributed by atoms with Crippen molar-refractivity contribution < 1.29 is 0 Å². The highest BCUT2D eigenvalue weighted by Gasteiger charge is 2.01. The first-order chi connectivity index (χ1) is 7.33. The molecule has 100 valence electrons. The Hall–Kier alpha value is -1.06. The van der Waals surface area contributed by atoms with Gasteiger partial charge in [-0.2, -0.15) is 10.5 Å². The smallest absolute Gasteiger partial charge is 0.0652 e. The topological polar surface area (TPSA) is 82.6 Å². The Kier molecular flexibility index (Phi) is 16.3. The summed E-state index contributed by atoms with van der Waals surface area (Å²) in [5.74, 6) is 1.78. The van der Waals surface area contributed by atoms with Crippen LogP contribution in [0.3, 0.4) is 0 Å². The largest absolute Gasteiger partial charge is 0.344 e.